The predicted octanol–water partition coefficient (Wildman–Crippen LogP) is 5.01. The van der Waals surface area contributed by atoms with E-state index in [-0.39, 0.29) is 30.6 Å². The van der Waals surface area contributed by atoms with E-state index in [0.29, 0.717) is 6.42 Å². The molecule has 0 aliphatic carbocycles. The van der Waals surface area contributed by atoms with Gasteiger partial charge in [0.25, 0.3) is 0 Å². The van der Waals surface area contributed by atoms with Crippen molar-refractivity contribution in [3.63, 3.8) is 0 Å². The number of hydrogen-bond acceptors (Lipinski definition) is 6. The molecule has 6 nitrogen and oxygen atoms in total. The number of unbranched alkanes of at least 4 members (excludes halogenated alkanes) is 11. The Morgan fingerprint density at radius 1 is 0.935 bits per heavy atom. The summed E-state index contributed by atoms with van der Waals surface area (Å²) < 4.78 is 11.1. The van der Waals surface area contributed by atoms with Crippen LogP contribution in [0.1, 0.15) is 117 Å². The molecule has 0 amide bonds. The molecule has 31 heavy (non-hydrogen) atoms. The third-order valence-electron chi connectivity index (χ3n) is 6.35. The smallest absolute Gasteiger partial charge is 0.324 e. The highest BCUT2D eigenvalue weighted by molar-refractivity contribution is 5.78. The summed E-state index contributed by atoms with van der Waals surface area (Å²) in [7, 11) is 0. The first kappa shape index (κ1) is 27.9. The van der Waals surface area contributed by atoms with Crippen molar-refractivity contribution in [3.05, 3.63) is 0 Å². The number of carbonyl (C=O) groups is 2. The molecule has 0 aromatic heterocycles. The Balaban J connectivity index is 2.39. The number of esters is 2. The third-order valence-corrected chi connectivity index (χ3v) is 6.35. The van der Waals surface area contributed by atoms with Gasteiger partial charge in [0.15, 0.2) is 0 Å². The summed E-state index contributed by atoms with van der Waals surface area (Å²) in [6.45, 7) is 4.49. The lowest BCUT2D eigenvalue weighted by atomic mass is 9.86. The van der Waals surface area contributed by atoms with Gasteiger partial charge in [0, 0.05) is 13.0 Å². The van der Waals surface area contributed by atoms with Gasteiger partial charge in [-0.15, -0.1) is 0 Å². The summed E-state index contributed by atoms with van der Waals surface area (Å²) in [5.74, 6) is -0.605. The number of cyclic esters (lactones) is 1. The van der Waals surface area contributed by atoms with Crippen LogP contribution >= 0.6 is 0 Å². The quantitative estimate of drug-likeness (QED) is 0.204. The topological polar surface area (TPSA) is 105 Å². The number of rotatable bonds is 20. The van der Waals surface area contributed by atoms with Crippen LogP contribution in [0.4, 0.5) is 0 Å². The summed E-state index contributed by atoms with van der Waals surface area (Å²) in [5.41, 5.74) is 11.3. The van der Waals surface area contributed by atoms with Crippen LogP contribution in [0.3, 0.4) is 0 Å². The normalized spacial score (nSPS) is 20.1. The predicted molar refractivity (Wildman–Crippen MR) is 125 cm³/mol. The van der Waals surface area contributed by atoms with Gasteiger partial charge in [-0.2, -0.15) is 0 Å². The van der Waals surface area contributed by atoms with E-state index in [0.717, 1.165) is 38.5 Å². The maximum absolute atomic E-state index is 12.2. The number of ether oxygens (including phenoxy) is 2. The van der Waals surface area contributed by atoms with Gasteiger partial charge in [-0.05, 0) is 19.3 Å². The van der Waals surface area contributed by atoms with Gasteiger partial charge in [0.05, 0.1) is 5.92 Å². The van der Waals surface area contributed by atoms with Gasteiger partial charge in [-0.3, -0.25) is 9.59 Å². The highest BCUT2D eigenvalue weighted by Crippen LogP contribution is 2.32. The first-order valence-corrected chi connectivity index (χ1v) is 12.9. The van der Waals surface area contributed by atoms with Crippen LogP contribution < -0.4 is 11.5 Å². The lowest BCUT2D eigenvalue weighted by Crippen LogP contribution is -2.48. The molecule has 0 aromatic rings. The van der Waals surface area contributed by atoms with Crippen molar-refractivity contribution in [1.29, 1.82) is 0 Å². The van der Waals surface area contributed by atoms with E-state index < -0.39 is 12.0 Å². The Morgan fingerprint density at radius 2 is 1.48 bits per heavy atom. The Labute approximate surface area is 190 Å². The van der Waals surface area contributed by atoms with Gasteiger partial charge in [0.1, 0.15) is 18.2 Å². The molecule has 0 aromatic carbocycles. The minimum atomic E-state index is -0.792. The highest BCUT2D eigenvalue weighted by atomic mass is 16.6. The highest BCUT2D eigenvalue weighted by Gasteiger charge is 2.43. The Kier molecular flexibility index (Phi) is 15.7. The number of nitrogens with two attached hydrogens (primary N) is 2. The van der Waals surface area contributed by atoms with Gasteiger partial charge < -0.3 is 20.9 Å². The average Bonchev–Trinajstić information content (AvgIpc) is 2.76. The van der Waals surface area contributed by atoms with Crippen molar-refractivity contribution in [1.82, 2.24) is 0 Å². The fourth-order valence-corrected chi connectivity index (χ4v) is 4.22. The summed E-state index contributed by atoms with van der Waals surface area (Å²) in [6.07, 6.45) is 17.6. The van der Waals surface area contributed by atoms with Gasteiger partial charge in [-0.25, -0.2) is 0 Å². The lowest BCUT2D eigenvalue weighted by Gasteiger charge is -2.37. The van der Waals surface area contributed by atoms with Crippen LogP contribution in [0, 0.1) is 5.92 Å². The molecule has 6 heteroatoms. The monoisotopic (exact) mass is 440 g/mol. The average molecular weight is 441 g/mol. The largest absolute Gasteiger partial charge is 0.461 e. The van der Waals surface area contributed by atoms with E-state index in [9.17, 15) is 9.59 Å². The molecule has 1 aliphatic rings. The van der Waals surface area contributed by atoms with E-state index >= 15 is 0 Å². The van der Waals surface area contributed by atoms with Crippen molar-refractivity contribution >= 4 is 11.9 Å². The molecule has 1 aliphatic heterocycles. The molecule has 0 bridgehead atoms. The molecule has 0 spiro atoms. The van der Waals surface area contributed by atoms with Crippen LogP contribution in [0.25, 0.3) is 0 Å². The fourth-order valence-electron chi connectivity index (χ4n) is 4.22. The molecule has 1 saturated heterocycles. The van der Waals surface area contributed by atoms with Crippen molar-refractivity contribution in [2.45, 2.75) is 135 Å². The summed E-state index contributed by atoms with van der Waals surface area (Å²) in [4.78, 5) is 24.1. The van der Waals surface area contributed by atoms with Crippen molar-refractivity contribution in [2.75, 3.05) is 6.54 Å². The molecule has 0 unspecified atom stereocenters. The molecular weight excluding hydrogens is 392 g/mol. The molecule has 1 heterocycles. The number of hydrogen-bond donors (Lipinski definition) is 2. The second-order valence-electron chi connectivity index (χ2n) is 9.19. The fraction of sp³-hybridized carbons (Fsp3) is 0.920. The molecule has 0 radical (unpaired) electrons. The van der Waals surface area contributed by atoms with E-state index in [1.165, 1.54) is 57.8 Å². The van der Waals surface area contributed by atoms with Crippen LogP contribution in [0.2, 0.25) is 0 Å². The summed E-state index contributed by atoms with van der Waals surface area (Å²) in [6, 6.07) is -0.792. The molecule has 1 fully saturated rings. The lowest BCUT2D eigenvalue weighted by molar-refractivity contribution is -0.190. The minimum absolute atomic E-state index is 0.0515. The second kappa shape index (κ2) is 17.4. The van der Waals surface area contributed by atoms with E-state index in [2.05, 4.69) is 13.8 Å². The minimum Gasteiger partial charge on any atom is -0.461 e. The third kappa shape index (κ3) is 11.9. The zero-order valence-corrected chi connectivity index (χ0v) is 20.1. The maximum atomic E-state index is 12.2. The van der Waals surface area contributed by atoms with Gasteiger partial charge in [-0.1, -0.05) is 90.9 Å². The first-order chi connectivity index (χ1) is 15.0. The zero-order chi connectivity index (χ0) is 22.9. The van der Waals surface area contributed by atoms with Gasteiger partial charge >= 0.3 is 11.9 Å². The first-order valence-electron chi connectivity index (χ1n) is 12.9. The van der Waals surface area contributed by atoms with Crippen LogP contribution in [0.15, 0.2) is 0 Å². The molecule has 4 N–H and O–H groups in total. The molecular formula is C25H48N2O4. The van der Waals surface area contributed by atoms with Crippen LogP contribution in [0.5, 0.6) is 0 Å². The summed E-state index contributed by atoms with van der Waals surface area (Å²) in [5, 5.41) is 0. The second-order valence-corrected chi connectivity index (χ2v) is 9.19. The molecule has 182 valence electrons. The molecule has 0 saturated carbocycles. The Morgan fingerprint density at radius 3 is 2.03 bits per heavy atom. The molecule has 4 atom stereocenters. The summed E-state index contributed by atoms with van der Waals surface area (Å²) >= 11 is 0. The van der Waals surface area contributed by atoms with Crippen molar-refractivity contribution < 1.29 is 19.1 Å². The molecule has 1 rings (SSSR count). The SMILES string of the molecule is CCCCCCCCCCC[C@@H](C[C@@H]1OC(=O)[C@H]1CCCCCC)OC(=O)[C@@H](N)CN. The van der Waals surface area contributed by atoms with Gasteiger partial charge in [0.2, 0.25) is 0 Å². The van der Waals surface area contributed by atoms with E-state index in [4.69, 9.17) is 20.9 Å². The maximum Gasteiger partial charge on any atom is 0.324 e. The Hall–Kier alpha value is -1.14. The van der Waals surface area contributed by atoms with Crippen LogP contribution in [-0.4, -0.2) is 36.7 Å². The van der Waals surface area contributed by atoms with E-state index in [1.807, 2.05) is 0 Å². The Bertz CT molecular complexity index is 486. The van der Waals surface area contributed by atoms with Crippen molar-refractivity contribution in [2.24, 2.45) is 17.4 Å². The van der Waals surface area contributed by atoms with E-state index in [1.54, 1.807) is 0 Å². The standard InChI is InChI=1S/C25H48N2O4/c1-3-5-7-9-10-11-12-13-14-16-20(30-25(29)22(27)19-26)18-23-21(24(28)31-23)17-15-8-6-4-2/h20-23H,3-19,26-27H2,1-2H3/t20-,21-,22-,23-/m0/s1. The zero-order valence-electron chi connectivity index (χ0n) is 20.1. The number of carbonyl (C=O) groups excluding carboxylic acids is 2. The van der Waals surface area contributed by atoms with Crippen LogP contribution in [-0.2, 0) is 19.1 Å². The van der Waals surface area contributed by atoms with Crippen molar-refractivity contribution in [3.8, 4) is 0 Å².